The number of rotatable bonds is 12. The van der Waals surface area contributed by atoms with Gasteiger partial charge in [-0.2, -0.15) is 0 Å². The fourth-order valence-corrected chi connectivity index (χ4v) is 7.31. The van der Waals surface area contributed by atoms with E-state index in [1.54, 1.807) is 54.7 Å². The predicted octanol–water partition coefficient (Wildman–Crippen LogP) is 5.40. The quantitative estimate of drug-likeness (QED) is 0.154. The molecule has 3 aromatic heterocycles. The number of nitrogens with zero attached hydrogens (tertiary/aromatic N) is 4. The molecule has 52 heavy (non-hydrogen) atoms. The van der Waals surface area contributed by atoms with Crippen LogP contribution < -0.4 is 27.6 Å². The molecule has 266 valence electrons. The van der Waals surface area contributed by atoms with Crippen LogP contribution in [0.25, 0.3) is 26.3 Å². The number of fused-ring (bicyclic) bond motifs is 1. The molecule has 14 heteroatoms. The number of primary amides is 1. The molecule has 0 fully saturated rings. The Morgan fingerprint density at radius 2 is 1.62 bits per heavy atom. The minimum atomic E-state index is -0.836. The van der Waals surface area contributed by atoms with Crippen LogP contribution in [-0.4, -0.2) is 44.5 Å². The second-order valence-corrected chi connectivity index (χ2v) is 13.2. The van der Waals surface area contributed by atoms with Crippen LogP contribution in [0.15, 0.2) is 101 Å². The summed E-state index contributed by atoms with van der Waals surface area (Å²) in [5.41, 5.74) is 6.97. The van der Waals surface area contributed by atoms with Gasteiger partial charge in [-0.25, -0.2) is 22.9 Å². The average molecular weight is 724 g/mol. The number of thiophene rings is 1. The topological polar surface area (TPSA) is 144 Å². The number of carbonyl (C=O) groups excluding carboxylic acids is 2. The predicted molar refractivity (Wildman–Crippen MR) is 198 cm³/mol. The molecule has 0 aliphatic heterocycles. The summed E-state index contributed by atoms with van der Waals surface area (Å²) in [6.07, 6.45) is 1.80. The second kappa shape index (κ2) is 15.5. The molecule has 0 saturated heterocycles. The minimum Gasteiger partial charge on any atom is -0.356 e. The Balaban J connectivity index is 1.59. The Kier molecular flexibility index (Phi) is 10.7. The molecular formula is C38H35F2N7O4S. The summed E-state index contributed by atoms with van der Waals surface area (Å²) in [5.74, 6) is -1.85. The molecule has 3 heterocycles. The number of hydrogen-bond acceptors (Lipinski definition) is 7. The summed E-state index contributed by atoms with van der Waals surface area (Å²) in [4.78, 5) is 60.0. The Labute approximate surface area is 301 Å². The summed E-state index contributed by atoms with van der Waals surface area (Å²) >= 11 is 1.15. The summed E-state index contributed by atoms with van der Waals surface area (Å²) in [6.45, 7) is 2.47. The van der Waals surface area contributed by atoms with Gasteiger partial charge >= 0.3 is 11.7 Å². The number of hydrogen-bond donors (Lipinski definition) is 3. The SMILES string of the molecule is CCNC(=O)Cc1ccc(-n2c(=O)c3c(CN(C)Cc4ccccn4)c(-c4ccc(NC(N)=O)cc4)sc3n(Cc3c(F)cccc3F)c2=O)cc1. The molecule has 0 unspecified atom stereocenters. The van der Waals surface area contributed by atoms with Crippen LogP contribution in [0.1, 0.15) is 29.3 Å². The van der Waals surface area contributed by atoms with Crippen molar-refractivity contribution in [2.75, 3.05) is 18.9 Å². The minimum absolute atomic E-state index is 0.104. The van der Waals surface area contributed by atoms with Crippen molar-refractivity contribution < 1.29 is 18.4 Å². The Morgan fingerprint density at radius 1 is 0.904 bits per heavy atom. The van der Waals surface area contributed by atoms with Gasteiger partial charge in [0, 0.05) is 42.0 Å². The van der Waals surface area contributed by atoms with Crippen LogP contribution in [0, 0.1) is 11.6 Å². The highest BCUT2D eigenvalue weighted by molar-refractivity contribution is 7.22. The number of nitrogens with two attached hydrogens (primary N) is 1. The van der Waals surface area contributed by atoms with E-state index in [1.807, 2.05) is 37.1 Å². The number of halogens is 2. The Hall–Kier alpha value is -5.99. The zero-order valence-electron chi connectivity index (χ0n) is 28.4. The number of anilines is 1. The summed E-state index contributed by atoms with van der Waals surface area (Å²) in [5, 5.41) is 5.48. The normalized spacial score (nSPS) is 11.2. The van der Waals surface area contributed by atoms with Crippen molar-refractivity contribution in [3.05, 3.63) is 146 Å². The van der Waals surface area contributed by atoms with Crippen LogP contribution in [0.2, 0.25) is 0 Å². The van der Waals surface area contributed by atoms with Crippen LogP contribution in [0.4, 0.5) is 19.3 Å². The van der Waals surface area contributed by atoms with Crippen molar-refractivity contribution >= 4 is 39.2 Å². The third-order valence-corrected chi connectivity index (χ3v) is 9.69. The van der Waals surface area contributed by atoms with Crippen molar-refractivity contribution in [1.29, 1.82) is 0 Å². The van der Waals surface area contributed by atoms with Gasteiger partial charge in [0.15, 0.2) is 0 Å². The number of urea groups is 1. The highest BCUT2D eigenvalue weighted by Gasteiger charge is 2.26. The van der Waals surface area contributed by atoms with E-state index in [4.69, 9.17) is 5.73 Å². The third kappa shape index (κ3) is 7.67. The van der Waals surface area contributed by atoms with Gasteiger partial charge in [-0.05, 0) is 79.2 Å². The number of benzene rings is 3. The standard InChI is InChI=1S/C38H35F2N7O4S/c1-3-42-32(48)19-23-10-16-27(17-11-23)47-35(49)33-29(21-45(2)20-26-7-4-5-18-43-26)34(24-12-14-25(15-13-24)44-37(41)50)52-36(33)46(38(47)51)22-28-30(39)8-6-9-31(28)40/h4-18H,3,19-22H2,1-2H3,(H,42,48)(H3,41,44,50). The van der Waals surface area contributed by atoms with E-state index in [0.29, 0.717) is 40.3 Å². The largest absolute Gasteiger partial charge is 0.356 e. The molecule has 0 saturated carbocycles. The molecule has 0 aliphatic carbocycles. The van der Waals surface area contributed by atoms with E-state index >= 15 is 8.78 Å². The first-order chi connectivity index (χ1) is 25.0. The van der Waals surface area contributed by atoms with Gasteiger partial charge < -0.3 is 16.4 Å². The molecule has 6 aromatic rings. The molecular weight excluding hydrogens is 689 g/mol. The zero-order chi connectivity index (χ0) is 36.9. The maximum absolute atomic E-state index is 15.1. The lowest BCUT2D eigenvalue weighted by Crippen LogP contribution is -2.39. The van der Waals surface area contributed by atoms with E-state index < -0.39 is 35.5 Å². The second-order valence-electron chi connectivity index (χ2n) is 12.2. The van der Waals surface area contributed by atoms with Crippen LogP contribution in [0.3, 0.4) is 0 Å². The highest BCUT2D eigenvalue weighted by atomic mass is 32.1. The summed E-state index contributed by atoms with van der Waals surface area (Å²) in [6, 6.07) is 21.6. The molecule has 3 amide bonds. The monoisotopic (exact) mass is 723 g/mol. The van der Waals surface area contributed by atoms with Gasteiger partial charge in [0.05, 0.1) is 29.7 Å². The molecule has 11 nitrogen and oxygen atoms in total. The van der Waals surface area contributed by atoms with E-state index in [2.05, 4.69) is 15.6 Å². The first kappa shape index (κ1) is 35.8. The molecule has 0 atom stereocenters. The molecule has 0 radical (unpaired) electrons. The van der Waals surface area contributed by atoms with Crippen LogP contribution in [-0.2, 0) is 30.8 Å². The van der Waals surface area contributed by atoms with E-state index in [-0.39, 0.29) is 40.3 Å². The fourth-order valence-electron chi connectivity index (χ4n) is 6.01. The van der Waals surface area contributed by atoms with Gasteiger partial charge in [0.25, 0.3) is 5.56 Å². The van der Waals surface area contributed by atoms with Crippen LogP contribution >= 0.6 is 11.3 Å². The van der Waals surface area contributed by atoms with Crippen molar-refractivity contribution in [2.24, 2.45) is 5.73 Å². The Bertz CT molecular complexity index is 2350. The Morgan fingerprint density at radius 3 is 2.25 bits per heavy atom. The maximum atomic E-state index is 15.1. The van der Waals surface area contributed by atoms with Crippen molar-refractivity contribution in [2.45, 2.75) is 33.0 Å². The smallest absolute Gasteiger partial charge is 0.337 e. The average Bonchev–Trinajstić information content (AvgIpc) is 3.48. The number of aromatic nitrogens is 3. The first-order valence-electron chi connectivity index (χ1n) is 16.4. The zero-order valence-corrected chi connectivity index (χ0v) is 29.2. The molecule has 0 bridgehead atoms. The number of amides is 3. The van der Waals surface area contributed by atoms with E-state index in [9.17, 15) is 19.2 Å². The molecule has 0 spiro atoms. The number of carbonyl (C=O) groups is 2. The van der Waals surface area contributed by atoms with Gasteiger partial charge in [0.1, 0.15) is 16.5 Å². The highest BCUT2D eigenvalue weighted by Crippen LogP contribution is 2.38. The number of likely N-dealkylation sites (N-methyl/N-ethyl adjacent to an activating group) is 1. The lowest BCUT2D eigenvalue weighted by atomic mass is 10.1. The van der Waals surface area contributed by atoms with Crippen molar-refractivity contribution in [3.63, 3.8) is 0 Å². The first-order valence-corrected chi connectivity index (χ1v) is 17.2. The molecule has 3 aromatic carbocycles. The number of pyridine rings is 1. The fraction of sp³-hybridized carbons (Fsp3) is 0.184. The molecule has 4 N–H and O–H groups in total. The van der Waals surface area contributed by atoms with E-state index in [1.165, 1.54) is 10.6 Å². The third-order valence-electron chi connectivity index (χ3n) is 8.38. The summed E-state index contributed by atoms with van der Waals surface area (Å²) in [7, 11) is 1.87. The van der Waals surface area contributed by atoms with Crippen molar-refractivity contribution in [3.8, 4) is 16.1 Å². The molecule has 0 aliphatic rings. The lowest BCUT2D eigenvalue weighted by Gasteiger charge is -2.18. The van der Waals surface area contributed by atoms with Gasteiger partial charge in [-0.3, -0.25) is 24.0 Å². The van der Waals surface area contributed by atoms with Crippen molar-refractivity contribution in [1.82, 2.24) is 24.3 Å². The van der Waals surface area contributed by atoms with Gasteiger partial charge in [0.2, 0.25) is 5.91 Å². The van der Waals surface area contributed by atoms with E-state index in [0.717, 1.165) is 33.7 Å². The van der Waals surface area contributed by atoms with Gasteiger partial charge in [-0.1, -0.05) is 36.4 Å². The maximum Gasteiger partial charge on any atom is 0.337 e. The van der Waals surface area contributed by atoms with Crippen LogP contribution in [0.5, 0.6) is 0 Å². The lowest BCUT2D eigenvalue weighted by molar-refractivity contribution is -0.120. The summed E-state index contributed by atoms with van der Waals surface area (Å²) < 4.78 is 32.5. The molecule has 6 rings (SSSR count). The van der Waals surface area contributed by atoms with Gasteiger partial charge in [-0.15, -0.1) is 11.3 Å². The number of nitrogens with one attached hydrogen (secondary N) is 2.